The van der Waals surface area contributed by atoms with E-state index in [1.807, 2.05) is 90.6 Å². The van der Waals surface area contributed by atoms with Gasteiger partial charge in [-0.2, -0.15) is 0 Å². The van der Waals surface area contributed by atoms with Crippen LogP contribution in [-0.4, -0.2) is 93.0 Å². The molecule has 5 rings (SSSR count). The number of esters is 2. The predicted molar refractivity (Wildman–Crippen MR) is 212 cm³/mol. The fourth-order valence-corrected chi connectivity index (χ4v) is 7.36. The number of anilines is 2. The van der Waals surface area contributed by atoms with E-state index in [0.29, 0.717) is 24.9 Å². The molecule has 0 aliphatic carbocycles. The largest absolute Gasteiger partial charge is 0.461 e. The highest BCUT2D eigenvalue weighted by Crippen LogP contribution is 2.28. The van der Waals surface area contributed by atoms with Crippen LogP contribution in [0, 0.1) is 10.8 Å². The van der Waals surface area contributed by atoms with Gasteiger partial charge in [0.05, 0.1) is 36.6 Å². The predicted octanol–water partition coefficient (Wildman–Crippen LogP) is 6.43. The summed E-state index contributed by atoms with van der Waals surface area (Å²) in [6.07, 6.45) is 10.3. The zero-order valence-electron chi connectivity index (χ0n) is 33.9. The van der Waals surface area contributed by atoms with Crippen molar-refractivity contribution in [3.8, 4) is 0 Å². The van der Waals surface area contributed by atoms with E-state index in [9.17, 15) is 9.59 Å². The number of aromatic nitrogens is 4. The number of pyridine rings is 2. The van der Waals surface area contributed by atoms with Crippen LogP contribution < -0.4 is 9.80 Å². The molecule has 0 N–H and O–H groups in total. The Morgan fingerprint density at radius 2 is 1.09 bits per heavy atom. The molecule has 0 saturated carbocycles. The van der Waals surface area contributed by atoms with Crippen LogP contribution in [0.25, 0.3) is 0 Å². The van der Waals surface area contributed by atoms with Crippen LogP contribution in [0.3, 0.4) is 0 Å². The van der Waals surface area contributed by atoms with Gasteiger partial charge in [0.1, 0.15) is 24.8 Å². The van der Waals surface area contributed by atoms with E-state index in [2.05, 4.69) is 33.4 Å². The molecule has 0 radical (unpaired) electrons. The molecule has 3 aromatic rings. The van der Waals surface area contributed by atoms with E-state index >= 15 is 0 Å². The Labute approximate surface area is 322 Å². The molecule has 0 spiro atoms. The summed E-state index contributed by atoms with van der Waals surface area (Å²) in [6, 6.07) is 8.52. The smallest absolute Gasteiger partial charge is 0.306 e. The summed E-state index contributed by atoms with van der Waals surface area (Å²) < 4.78 is 11.3. The Hall–Kier alpha value is -4.16. The molecule has 0 aromatic carbocycles. The van der Waals surface area contributed by atoms with E-state index in [4.69, 9.17) is 29.4 Å². The Morgan fingerprint density at radius 1 is 0.685 bits per heavy atom. The lowest BCUT2D eigenvalue weighted by Gasteiger charge is -2.29. The van der Waals surface area contributed by atoms with Crippen LogP contribution in [0.2, 0.25) is 0 Å². The molecule has 3 aromatic heterocycles. The van der Waals surface area contributed by atoms with Gasteiger partial charge in [-0.3, -0.25) is 29.4 Å². The third-order valence-electron chi connectivity index (χ3n) is 10.1. The van der Waals surface area contributed by atoms with Crippen LogP contribution in [0.15, 0.2) is 49.1 Å². The lowest BCUT2D eigenvalue weighted by molar-refractivity contribution is -0.148. The molecule has 0 amide bonds. The SMILES string of the molecule is CCN(Cc1cnc(CN(CC)C2CCN(c3ncccc3COC(=O)CC(C)(C)C)C2)cn1)C1CCN(c2ncccc2COC(=O)CC(C)(C)C)C1. The second-order valence-electron chi connectivity index (χ2n) is 17.2. The maximum atomic E-state index is 12.4. The number of carbonyl (C=O) groups excluding carboxylic acids is 2. The van der Waals surface area contributed by atoms with Crippen molar-refractivity contribution in [3.05, 3.63) is 71.6 Å². The standard InChI is InChI=1S/C42H62N8O4/c1-9-47(35-15-19-49(27-35)39-31(13-11-17-43-39)29-53-37(51)21-41(3,4)5)25-33-23-46-34(24-45-33)26-48(10-2)36-16-20-50(28-36)40-32(14-12-18-44-40)30-54-38(52)22-42(6,7)8/h11-14,17-18,23-24,35-36H,9-10,15-16,19-22,25-30H2,1-8H3. The van der Waals surface area contributed by atoms with Gasteiger partial charge in [0.25, 0.3) is 0 Å². The van der Waals surface area contributed by atoms with Crippen LogP contribution in [0.4, 0.5) is 11.6 Å². The van der Waals surface area contributed by atoms with Crippen molar-refractivity contribution >= 4 is 23.6 Å². The molecular formula is C42H62N8O4. The maximum Gasteiger partial charge on any atom is 0.306 e. The summed E-state index contributed by atoms with van der Waals surface area (Å²) in [5, 5.41) is 0. The second-order valence-corrected chi connectivity index (χ2v) is 17.2. The maximum absolute atomic E-state index is 12.4. The van der Waals surface area contributed by atoms with Crippen molar-refractivity contribution in [3.63, 3.8) is 0 Å². The third-order valence-corrected chi connectivity index (χ3v) is 10.1. The van der Waals surface area contributed by atoms with Crippen molar-refractivity contribution in [2.45, 2.75) is 119 Å². The van der Waals surface area contributed by atoms with Crippen molar-refractivity contribution in [2.75, 3.05) is 49.1 Å². The van der Waals surface area contributed by atoms with E-state index < -0.39 is 0 Å². The lowest BCUT2D eigenvalue weighted by atomic mass is 9.92. The van der Waals surface area contributed by atoms with Gasteiger partial charge >= 0.3 is 11.9 Å². The lowest BCUT2D eigenvalue weighted by Crippen LogP contribution is -2.38. The first-order valence-corrected chi connectivity index (χ1v) is 19.7. The minimum Gasteiger partial charge on any atom is -0.461 e. The minimum atomic E-state index is -0.184. The number of carbonyl (C=O) groups is 2. The van der Waals surface area contributed by atoms with Gasteiger partial charge in [-0.1, -0.05) is 67.5 Å². The summed E-state index contributed by atoms with van der Waals surface area (Å²) in [6.45, 7) is 23.8. The molecule has 2 saturated heterocycles. The summed E-state index contributed by atoms with van der Waals surface area (Å²) in [5.41, 5.74) is 3.57. The molecule has 2 fully saturated rings. The van der Waals surface area contributed by atoms with Gasteiger partial charge in [0.15, 0.2) is 0 Å². The fourth-order valence-electron chi connectivity index (χ4n) is 7.36. The van der Waals surface area contributed by atoms with Gasteiger partial charge < -0.3 is 19.3 Å². The van der Waals surface area contributed by atoms with Gasteiger partial charge in [-0.25, -0.2) is 9.97 Å². The molecule has 5 heterocycles. The number of rotatable bonds is 16. The highest BCUT2D eigenvalue weighted by atomic mass is 16.5. The molecule has 2 atom stereocenters. The van der Waals surface area contributed by atoms with Crippen molar-refractivity contribution < 1.29 is 19.1 Å². The topological polar surface area (TPSA) is 117 Å². The Morgan fingerprint density at radius 3 is 1.44 bits per heavy atom. The minimum absolute atomic E-state index is 0.112. The van der Waals surface area contributed by atoms with Crippen LogP contribution in [-0.2, 0) is 45.4 Å². The average molecular weight is 743 g/mol. The zero-order chi connectivity index (χ0) is 38.9. The first-order valence-electron chi connectivity index (χ1n) is 19.7. The van der Waals surface area contributed by atoms with Gasteiger partial charge in [-0.15, -0.1) is 0 Å². The Kier molecular flexibility index (Phi) is 14.0. The van der Waals surface area contributed by atoms with E-state index in [-0.39, 0.29) is 36.0 Å². The molecule has 12 nitrogen and oxygen atoms in total. The normalized spacial score (nSPS) is 17.8. The van der Waals surface area contributed by atoms with Crippen molar-refractivity contribution in [1.82, 2.24) is 29.7 Å². The van der Waals surface area contributed by atoms with Crippen LogP contribution >= 0.6 is 0 Å². The Bertz CT molecular complexity index is 1550. The van der Waals surface area contributed by atoms with Crippen LogP contribution in [0.1, 0.15) is 104 Å². The molecule has 12 heteroatoms. The first-order chi connectivity index (χ1) is 25.7. The molecule has 2 unspecified atom stereocenters. The molecule has 2 aliphatic heterocycles. The average Bonchev–Trinajstić information content (AvgIpc) is 3.82. The highest BCUT2D eigenvalue weighted by molar-refractivity contribution is 5.70. The molecule has 0 bridgehead atoms. The first kappa shape index (κ1) is 41.0. The number of ether oxygens (including phenoxy) is 2. The monoisotopic (exact) mass is 742 g/mol. The van der Waals surface area contributed by atoms with Gasteiger partial charge in [0.2, 0.25) is 0 Å². The zero-order valence-corrected chi connectivity index (χ0v) is 33.9. The number of nitrogens with zero attached hydrogens (tertiary/aromatic N) is 8. The highest BCUT2D eigenvalue weighted by Gasteiger charge is 2.31. The van der Waals surface area contributed by atoms with Crippen molar-refractivity contribution in [2.24, 2.45) is 10.8 Å². The second kappa shape index (κ2) is 18.4. The molecule has 294 valence electrons. The fraction of sp³-hybridized carbons (Fsp3) is 0.619. The van der Waals surface area contributed by atoms with Gasteiger partial charge in [0, 0.05) is 74.9 Å². The van der Waals surface area contributed by atoms with E-state index in [0.717, 1.165) is 99.4 Å². The van der Waals surface area contributed by atoms with Crippen molar-refractivity contribution in [1.29, 1.82) is 0 Å². The Balaban J connectivity index is 1.13. The molecule has 54 heavy (non-hydrogen) atoms. The third kappa shape index (κ3) is 11.9. The van der Waals surface area contributed by atoms with Gasteiger partial charge in [-0.05, 0) is 48.9 Å². The summed E-state index contributed by atoms with van der Waals surface area (Å²) in [7, 11) is 0. The number of hydrogen-bond acceptors (Lipinski definition) is 12. The summed E-state index contributed by atoms with van der Waals surface area (Å²) >= 11 is 0. The summed E-state index contributed by atoms with van der Waals surface area (Å²) in [5.74, 6) is 1.42. The quantitative estimate of drug-likeness (QED) is 0.151. The van der Waals surface area contributed by atoms with Crippen LogP contribution in [0.5, 0.6) is 0 Å². The molecule has 2 aliphatic rings. The summed E-state index contributed by atoms with van der Waals surface area (Å²) in [4.78, 5) is 53.5. The van der Waals surface area contributed by atoms with E-state index in [1.54, 1.807) is 0 Å². The molecular weight excluding hydrogens is 681 g/mol. The van der Waals surface area contributed by atoms with E-state index in [1.165, 1.54) is 0 Å². The number of hydrogen-bond donors (Lipinski definition) is 0. The number of likely N-dealkylation sites (N-methyl/N-ethyl adjacent to an activating group) is 2.